The molecular weight excluding hydrogens is 246 g/mol. The first kappa shape index (κ1) is 15.2. The van der Waals surface area contributed by atoms with Crippen LogP contribution in [0, 0.1) is 11.3 Å². The van der Waals surface area contributed by atoms with Crippen molar-refractivity contribution in [3.63, 3.8) is 0 Å². The molecule has 20 heavy (non-hydrogen) atoms. The second-order valence-corrected chi connectivity index (χ2v) is 7.45. The summed E-state index contributed by atoms with van der Waals surface area (Å²) < 4.78 is 5.68. The van der Waals surface area contributed by atoms with Crippen LogP contribution in [0.25, 0.3) is 0 Å². The van der Waals surface area contributed by atoms with E-state index in [1.165, 1.54) is 24.9 Å². The van der Waals surface area contributed by atoms with E-state index in [2.05, 4.69) is 64.2 Å². The van der Waals surface area contributed by atoms with Crippen LogP contribution >= 0.6 is 0 Å². The molecule has 1 saturated carbocycles. The molecule has 1 aliphatic carbocycles. The van der Waals surface area contributed by atoms with Crippen molar-refractivity contribution in [2.24, 2.45) is 11.3 Å². The zero-order chi connectivity index (χ0) is 14.8. The first-order valence-electron chi connectivity index (χ1n) is 7.87. The summed E-state index contributed by atoms with van der Waals surface area (Å²) in [6.07, 6.45) is 4.09. The van der Waals surface area contributed by atoms with E-state index < -0.39 is 0 Å². The molecule has 2 nitrogen and oxygen atoms in total. The highest BCUT2D eigenvalue weighted by molar-refractivity contribution is 5.47. The fourth-order valence-corrected chi connectivity index (χ4v) is 3.59. The van der Waals surface area contributed by atoms with E-state index in [1.807, 2.05) is 0 Å². The van der Waals surface area contributed by atoms with E-state index in [1.54, 1.807) is 0 Å². The lowest BCUT2D eigenvalue weighted by atomic mass is 9.70. The number of ether oxygens (including phenoxy) is 1. The summed E-state index contributed by atoms with van der Waals surface area (Å²) in [5.74, 6) is 1.75. The van der Waals surface area contributed by atoms with Gasteiger partial charge in [-0.1, -0.05) is 20.8 Å². The van der Waals surface area contributed by atoms with Crippen LogP contribution in [0.4, 0.5) is 5.69 Å². The summed E-state index contributed by atoms with van der Waals surface area (Å²) in [4.78, 5) is 0. The molecule has 0 spiro atoms. The topological polar surface area (TPSA) is 21.3 Å². The maximum absolute atomic E-state index is 5.68. The Bertz CT molecular complexity index is 422. The van der Waals surface area contributed by atoms with Gasteiger partial charge in [0.15, 0.2) is 0 Å². The van der Waals surface area contributed by atoms with Crippen molar-refractivity contribution < 1.29 is 4.74 Å². The smallest absolute Gasteiger partial charge is 0.119 e. The first-order chi connectivity index (χ1) is 9.34. The van der Waals surface area contributed by atoms with E-state index in [9.17, 15) is 0 Å². The molecule has 2 atom stereocenters. The third-order valence-electron chi connectivity index (χ3n) is 3.98. The number of nitrogens with one attached hydrogen (secondary N) is 1. The number of hydrogen-bond donors (Lipinski definition) is 1. The van der Waals surface area contributed by atoms with Gasteiger partial charge in [-0.05, 0) is 68.7 Å². The predicted molar refractivity (Wildman–Crippen MR) is 86.4 cm³/mol. The Morgan fingerprint density at radius 1 is 1.15 bits per heavy atom. The average molecular weight is 275 g/mol. The molecule has 1 fully saturated rings. The normalized spacial score (nSPS) is 25.5. The minimum Gasteiger partial charge on any atom is -0.491 e. The van der Waals surface area contributed by atoms with Crippen LogP contribution in [-0.2, 0) is 0 Å². The molecule has 0 aliphatic heterocycles. The van der Waals surface area contributed by atoms with Crippen LogP contribution in [0.15, 0.2) is 24.3 Å². The summed E-state index contributed by atoms with van der Waals surface area (Å²) in [5.41, 5.74) is 1.66. The fraction of sp³-hybridized carbons (Fsp3) is 0.667. The quantitative estimate of drug-likeness (QED) is 0.825. The van der Waals surface area contributed by atoms with E-state index in [0.29, 0.717) is 11.5 Å². The molecule has 0 heterocycles. The highest BCUT2D eigenvalue weighted by Crippen LogP contribution is 2.39. The lowest BCUT2D eigenvalue weighted by molar-refractivity contribution is 0.178. The van der Waals surface area contributed by atoms with Gasteiger partial charge >= 0.3 is 0 Å². The molecule has 1 aromatic rings. The lowest BCUT2D eigenvalue weighted by Crippen LogP contribution is -2.35. The first-order valence-corrected chi connectivity index (χ1v) is 7.87. The molecule has 0 aromatic heterocycles. The van der Waals surface area contributed by atoms with Crippen molar-refractivity contribution in [2.75, 3.05) is 5.32 Å². The maximum atomic E-state index is 5.68. The molecule has 0 radical (unpaired) electrons. The monoisotopic (exact) mass is 275 g/mol. The van der Waals surface area contributed by atoms with Gasteiger partial charge in [0, 0.05) is 11.7 Å². The van der Waals surface area contributed by atoms with Gasteiger partial charge in [0.2, 0.25) is 0 Å². The molecule has 0 amide bonds. The number of anilines is 1. The maximum Gasteiger partial charge on any atom is 0.119 e. The lowest BCUT2D eigenvalue weighted by Gasteiger charge is -2.39. The highest BCUT2D eigenvalue weighted by atomic mass is 16.5. The van der Waals surface area contributed by atoms with Crippen molar-refractivity contribution in [2.45, 2.75) is 66.0 Å². The number of benzene rings is 1. The van der Waals surface area contributed by atoms with Crippen LogP contribution in [0.5, 0.6) is 5.75 Å². The van der Waals surface area contributed by atoms with Crippen LogP contribution in [0.1, 0.15) is 53.9 Å². The minimum atomic E-state index is 0.230. The largest absolute Gasteiger partial charge is 0.491 e. The van der Waals surface area contributed by atoms with Gasteiger partial charge < -0.3 is 10.1 Å². The van der Waals surface area contributed by atoms with Crippen LogP contribution in [-0.4, -0.2) is 12.1 Å². The molecule has 112 valence electrons. The molecule has 2 unspecified atom stereocenters. The van der Waals surface area contributed by atoms with Gasteiger partial charge in [-0.3, -0.25) is 0 Å². The zero-order valence-electron chi connectivity index (χ0n) is 13.6. The van der Waals surface area contributed by atoms with E-state index >= 15 is 0 Å². The molecular formula is C18H29NO. The van der Waals surface area contributed by atoms with Crippen LogP contribution in [0.2, 0.25) is 0 Å². The third-order valence-corrected chi connectivity index (χ3v) is 3.98. The van der Waals surface area contributed by atoms with Gasteiger partial charge in [0.05, 0.1) is 6.10 Å². The van der Waals surface area contributed by atoms with Gasteiger partial charge in [0.1, 0.15) is 5.75 Å². The second-order valence-electron chi connectivity index (χ2n) is 7.45. The van der Waals surface area contributed by atoms with Crippen molar-refractivity contribution in [1.29, 1.82) is 0 Å². The SMILES string of the molecule is CC1CC(Nc2ccc(OC(C)C)cc2)CC(C)(C)C1. The third kappa shape index (κ3) is 4.43. The van der Waals surface area contributed by atoms with Gasteiger partial charge in [0.25, 0.3) is 0 Å². The van der Waals surface area contributed by atoms with Gasteiger partial charge in [-0.25, -0.2) is 0 Å². The summed E-state index contributed by atoms with van der Waals surface area (Å²) in [6.45, 7) is 11.2. The summed E-state index contributed by atoms with van der Waals surface area (Å²) in [6, 6.07) is 8.96. The molecule has 0 bridgehead atoms. The highest BCUT2D eigenvalue weighted by Gasteiger charge is 2.31. The molecule has 2 heteroatoms. The molecule has 0 saturated heterocycles. The van der Waals surface area contributed by atoms with Crippen LogP contribution in [0.3, 0.4) is 0 Å². The fourth-order valence-electron chi connectivity index (χ4n) is 3.59. The Morgan fingerprint density at radius 3 is 2.35 bits per heavy atom. The molecule has 2 rings (SSSR count). The zero-order valence-corrected chi connectivity index (χ0v) is 13.6. The van der Waals surface area contributed by atoms with Crippen molar-refractivity contribution in [1.82, 2.24) is 0 Å². The number of rotatable bonds is 4. The summed E-state index contributed by atoms with van der Waals surface area (Å²) >= 11 is 0. The summed E-state index contributed by atoms with van der Waals surface area (Å²) in [7, 11) is 0. The van der Waals surface area contributed by atoms with Gasteiger partial charge in [-0.2, -0.15) is 0 Å². The Labute approximate surface area is 123 Å². The Kier molecular flexibility index (Phi) is 4.62. The summed E-state index contributed by atoms with van der Waals surface area (Å²) in [5, 5.41) is 3.69. The average Bonchev–Trinajstić information content (AvgIpc) is 2.28. The molecule has 1 aromatic carbocycles. The predicted octanol–water partition coefficient (Wildman–Crippen LogP) is 5.10. The Balaban J connectivity index is 1.96. The van der Waals surface area contributed by atoms with E-state index in [-0.39, 0.29) is 6.10 Å². The molecule has 1 N–H and O–H groups in total. The second kappa shape index (κ2) is 6.07. The van der Waals surface area contributed by atoms with E-state index in [4.69, 9.17) is 4.74 Å². The van der Waals surface area contributed by atoms with Crippen molar-refractivity contribution in [3.05, 3.63) is 24.3 Å². The Morgan fingerprint density at radius 2 is 1.80 bits per heavy atom. The minimum absolute atomic E-state index is 0.230. The van der Waals surface area contributed by atoms with Crippen molar-refractivity contribution >= 4 is 5.69 Å². The standard InChI is InChI=1S/C18H29NO/c1-13(2)20-17-8-6-15(7-9-17)19-16-10-14(3)11-18(4,5)12-16/h6-9,13-14,16,19H,10-12H2,1-5H3. The number of hydrogen-bond acceptors (Lipinski definition) is 2. The molecule has 1 aliphatic rings. The van der Waals surface area contributed by atoms with Gasteiger partial charge in [-0.15, -0.1) is 0 Å². The van der Waals surface area contributed by atoms with Crippen LogP contribution < -0.4 is 10.1 Å². The van der Waals surface area contributed by atoms with E-state index in [0.717, 1.165) is 11.7 Å². The van der Waals surface area contributed by atoms with Crippen molar-refractivity contribution in [3.8, 4) is 5.75 Å². The Hall–Kier alpha value is -1.18.